The molecule has 210 valence electrons. The van der Waals surface area contributed by atoms with Gasteiger partial charge in [-0.2, -0.15) is 0 Å². The van der Waals surface area contributed by atoms with Gasteiger partial charge in [0.15, 0.2) is 0 Å². The van der Waals surface area contributed by atoms with Gasteiger partial charge in [-0.1, -0.05) is 39.5 Å². The number of nitrogens with two attached hydrogens (primary N) is 1. The van der Waals surface area contributed by atoms with E-state index in [2.05, 4.69) is 9.50 Å². The third-order valence-corrected chi connectivity index (χ3v) is 5.73. The van der Waals surface area contributed by atoms with Gasteiger partial charge in [-0.3, -0.25) is 13.8 Å². The van der Waals surface area contributed by atoms with Crippen molar-refractivity contribution in [1.82, 2.24) is 4.90 Å². The van der Waals surface area contributed by atoms with Crippen molar-refractivity contribution in [1.29, 1.82) is 0 Å². The minimum Gasteiger partial charge on any atom is -0.468 e. The van der Waals surface area contributed by atoms with E-state index in [0.717, 1.165) is 25.7 Å². The van der Waals surface area contributed by atoms with Crippen molar-refractivity contribution >= 4 is 32.0 Å². The molecular weight excluding hydrogens is 501 g/mol. The maximum absolute atomic E-state index is 13.1. The van der Waals surface area contributed by atoms with Crippen LogP contribution in [0.2, 0.25) is 0 Å². The normalized spacial score (nSPS) is 11.5. The SMILES string of the molecule is CCCCCOC(=O)OCCOP(=O)(N=C(N)N(C)CC(=O)OC)OCCOC(=O)OCCCCC. The van der Waals surface area contributed by atoms with Crippen LogP contribution in [-0.4, -0.2) is 89.5 Å². The zero-order chi connectivity index (χ0) is 27.2. The molecule has 0 spiro atoms. The van der Waals surface area contributed by atoms with Crippen LogP contribution in [0.5, 0.6) is 0 Å². The van der Waals surface area contributed by atoms with Crippen LogP contribution in [0.4, 0.5) is 9.59 Å². The fraction of sp³-hybridized carbons (Fsp3) is 0.810. The molecular formula is C21H40N3O11P. The fourth-order valence-corrected chi connectivity index (χ4v) is 3.49. The molecule has 2 N–H and O–H groups in total. The molecule has 0 heterocycles. The number of hydrogen-bond donors (Lipinski definition) is 1. The molecule has 36 heavy (non-hydrogen) atoms. The lowest BCUT2D eigenvalue weighted by Gasteiger charge is -2.19. The Kier molecular flexibility index (Phi) is 19.1. The van der Waals surface area contributed by atoms with E-state index >= 15 is 0 Å². The minimum atomic E-state index is -4.26. The second-order valence-corrected chi connectivity index (χ2v) is 8.99. The molecule has 0 aliphatic carbocycles. The first kappa shape index (κ1) is 33.4. The maximum atomic E-state index is 13.1. The number of carbonyl (C=O) groups is 3. The highest BCUT2D eigenvalue weighted by Gasteiger charge is 2.27. The van der Waals surface area contributed by atoms with Crippen molar-refractivity contribution in [3.05, 3.63) is 0 Å². The van der Waals surface area contributed by atoms with Crippen molar-refractivity contribution in [3.8, 4) is 0 Å². The summed E-state index contributed by atoms with van der Waals surface area (Å²) in [6.07, 6.45) is 3.44. The van der Waals surface area contributed by atoms with E-state index in [1.807, 2.05) is 13.8 Å². The summed E-state index contributed by atoms with van der Waals surface area (Å²) in [5.74, 6) is -0.944. The zero-order valence-electron chi connectivity index (χ0n) is 21.6. The first-order chi connectivity index (χ1) is 17.2. The number of carbonyl (C=O) groups excluding carboxylic acids is 3. The summed E-state index contributed by atoms with van der Waals surface area (Å²) in [5, 5.41) is 0. The van der Waals surface area contributed by atoms with Gasteiger partial charge in [0.1, 0.15) is 19.8 Å². The summed E-state index contributed by atoms with van der Waals surface area (Å²) in [4.78, 5) is 35.7. The molecule has 0 saturated heterocycles. The van der Waals surface area contributed by atoms with E-state index in [4.69, 9.17) is 33.7 Å². The maximum Gasteiger partial charge on any atom is 0.508 e. The quantitative estimate of drug-likeness (QED) is 0.0630. The lowest BCUT2D eigenvalue weighted by atomic mass is 10.3. The molecule has 0 aromatic heterocycles. The van der Waals surface area contributed by atoms with Gasteiger partial charge in [0, 0.05) is 7.05 Å². The van der Waals surface area contributed by atoms with Crippen LogP contribution in [0.15, 0.2) is 4.76 Å². The van der Waals surface area contributed by atoms with Crippen molar-refractivity contribution in [2.24, 2.45) is 10.5 Å². The Morgan fingerprint density at radius 2 is 1.22 bits per heavy atom. The van der Waals surface area contributed by atoms with Gasteiger partial charge >= 0.3 is 26.0 Å². The van der Waals surface area contributed by atoms with Crippen LogP contribution >= 0.6 is 7.75 Å². The molecule has 0 aliphatic heterocycles. The number of unbranched alkanes of at least 4 members (excludes halogenated alkanes) is 4. The molecule has 0 aromatic carbocycles. The number of esters is 1. The predicted molar refractivity (Wildman–Crippen MR) is 129 cm³/mol. The van der Waals surface area contributed by atoms with Crippen LogP contribution in [0.1, 0.15) is 52.4 Å². The standard InChI is InChI=1S/C21H40N3O11P/c1-5-7-9-11-30-20(26)32-13-15-34-36(28,23-19(22)24(3)17-18(25)29-4)35-16-14-33-21(27)31-12-10-8-6-2/h5-17H2,1-4H3,(H2,22,23,28). The molecule has 0 rings (SSSR count). The van der Waals surface area contributed by atoms with Gasteiger partial charge in [-0.05, 0) is 12.8 Å². The van der Waals surface area contributed by atoms with Gasteiger partial charge in [-0.25, -0.2) is 14.2 Å². The van der Waals surface area contributed by atoms with Gasteiger partial charge in [0.25, 0.3) is 0 Å². The molecule has 0 aromatic rings. The van der Waals surface area contributed by atoms with Crippen LogP contribution in [0, 0.1) is 0 Å². The summed E-state index contributed by atoms with van der Waals surface area (Å²) in [6, 6.07) is 0. The third-order valence-electron chi connectivity index (χ3n) is 4.26. The Morgan fingerprint density at radius 3 is 1.64 bits per heavy atom. The molecule has 0 amide bonds. The fourth-order valence-electron chi connectivity index (χ4n) is 2.29. The second-order valence-electron chi connectivity index (χ2n) is 7.33. The number of guanidine groups is 1. The summed E-state index contributed by atoms with van der Waals surface area (Å²) in [5.41, 5.74) is 5.80. The summed E-state index contributed by atoms with van der Waals surface area (Å²) in [6.45, 7) is 2.90. The Labute approximate surface area is 212 Å². The third kappa shape index (κ3) is 17.8. The van der Waals surface area contributed by atoms with Gasteiger partial charge in [-0.15, -0.1) is 4.76 Å². The van der Waals surface area contributed by atoms with E-state index < -0.39 is 26.0 Å². The average molecular weight is 542 g/mol. The number of methoxy groups -OCH3 is 1. The van der Waals surface area contributed by atoms with Crippen molar-refractivity contribution < 1.29 is 51.7 Å². The van der Waals surface area contributed by atoms with E-state index in [-0.39, 0.29) is 52.1 Å². The highest BCUT2D eigenvalue weighted by molar-refractivity contribution is 7.52. The topological polar surface area (TPSA) is 175 Å². The summed E-state index contributed by atoms with van der Waals surface area (Å²) < 4.78 is 51.2. The van der Waals surface area contributed by atoms with Gasteiger partial charge in [0.2, 0.25) is 5.96 Å². The van der Waals surface area contributed by atoms with Crippen molar-refractivity contribution in [3.63, 3.8) is 0 Å². The first-order valence-electron chi connectivity index (χ1n) is 11.8. The van der Waals surface area contributed by atoms with Crippen molar-refractivity contribution in [2.45, 2.75) is 52.4 Å². The van der Waals surface area contributed by atoms with E-state index in [0.29, 0.717) is 12.8 Å². The number of nitrogens with zero attached hydrogens (tertiary/aromatic N) is 2. The summed E-state index contributed by atoms with van der Waals surface area (Å²) >= 11 is 0. The molecule has 15 heteroatoms. The van der Waals surface area contributed by atoms with Crippen molar-refractivity contribution in [2.75, 3.05) is 60.3 Å². The van der Waals surface area contributed by atoms with E-state index in [9.17, 15) is 18.9 Å². The van der Waals surface area contributed by atoms with Crippen LogP contribution in [0.25, 0.3) is 0 Å². The van der Waals surface area contributed by atoms with E-state index in [1.54, 1.807) is 0 Å². The summed E-state index contributed by atoms with van der Waals surface area (Å²) in [7, 11) is -1.65. The monoisotopic (exact) mass is 541 g/mol. The number of rotatable bonds is 19. The highest BCUT2D eigenvalue weighted by Crippen LogP contribution is 2.49. The zero-order valence-corrected chi connectivity index (χ0v) is 22.5. The number of ether oxygens (including phenoxy) is 5. The minimum absolute atomic E-state index is 0.226. The van der Waals surface area contributed by atoms with Crippen LogP contribution in [0.3, 0.4) is 0 Å². The Balaban J connectivity index is 4.80. The first-order valence-corrected chi connectivity index (χ1v) is 13.3. The Bertz CT molecular complexity index is 685. The van der Waals surface area contributed by atoms with E-state index in [1.165, 1.54) is 19.1 Å². The predicted octanol–water partition coefficient (Wildman–Crippen LogP) is 3.23. The molecule has 0 aliphatic rings. The lowest BCUT2D eigenvalue weighted by molar-refractivity contribution is -0.140. The highest BCUT2D eigenvalue weighted by atomic mass is 31.2. The largest absolute Gasteiger partial charge is 0.508 e. The van der Waals surface area contributed by atoms with Crippen LogP contribution < -0.4 is 5.73 Å². The second kappa shape index (κ2) is 20.6. The molecule has 0 atom stereocenters. The molecule has 0 unspecified atom stereocenters. The van der Waals surface area contributed by atoms with Gasteiger partial charge < -0.3 is 34.3 Å². The van der Waals surface area contributed by atoms with Crippen LogP contribution in [-0.2, 0) is 42.1 Å². The molecule has 14 nitrogen and oxygen atoms in total. The molecule has 0 fully saturated rings. The molecule has 0 bridgehead atoms. The number of hydrogen-bond acceptors (Lipinski definition) is 11. The van der Waals surface area contributed by atoms with Gasteiger partial charge in [0.05, 0.1) is 33.5 Å². The molecule has 0 saturated carbocycles. The Hall–Kier alpha value is -2.57. The smallest absolute Gasteiger partial charge is 0.468 e. The molecule has 0 radical (unpaired) electrons. The average Bonchev–Trinajstić information content (AvgIpc) is 2.85. The lowest BCUT2D eigenvalue weighted by Crippen LogP contribution is -2.38. The number of likely N-dealkylation sites (N-methyl/N-ethyl adjacent to an activating group) is 1. The Morgan fingerprint density at radius 1 is 0.778 bits per heavy atom.